The van der Waals surface area contributed by atoms with Crippen molar-refractivity contribution < 1.29 is 19.7 Å². The van der Waals surface area contributed by atoms with Crippen molar-refractivity contribution in [2.75, 3.05) is 14.2 Å². The Labute approximate surface area is 106 Å². The Bertz CT molecular complexity index is 453. The second-order valence-electron chi connectivity index (χ2n) is 4.36. The highest BCUT2D eigenvalue weighted by Gasteiger charge is 2.27. The van der Waals surface area contributed by atoms with E-state index in [1.165, 1.54) is 20.3 Å². The Kier molecular flexibility index (Phi) is 3.77. The monoisotopic (exact) mass is 250 g/mol. The number of aliphatic hydroxyl groups is 1. The number of aliphatic hydroxyl groups excluding tert-OH is 1. The first-order valence-corrected chi connectivity index (χ1v) is 5.97. The number of phenolic OH excluding ortho intramolecular Hbond substituents is 1. The zero-order chi connectivity index (χ0) is 13.1. The van der Waals surface area contributed by atoms with Crippen LogP contribution in [0, 0.1) is 0 Å². The van der Waals surface area contributed by atoms with Gasteiger partial charge in [-0.1, -0.05) is 12.2 Å². The summed E-state index contributed by atoms with van der Waals surface area (Å²) in [6.07, 6.45) is 4.98. The van der Waals surface area contributed by atoms with Crippen molar-refractivity contribution in [3.63, 3.8) is 0 Å². The largest absolute Gasteiger partial charge is 0.507 e. The Morgan fingerprint density at radius 3 is 2.61 bits per heavy atom. The van der Waals surface area contributed by atoms with E-state index in [4.69, 9.17) is 9.47 Å². The highest BCUT2D eigenvalue weighted by atomic mass is 16.5. The second-order valence-corrected chi connectivity index (χ2v) is 4.36. The van der Waals surface area contributed by atoms with Crippen LogP contribution in [0.4, 0.5) is 0 Å². The summed E-state index contributed by atoms with van der Waals surface area (Å²) in [6.45, 7) is 0. The molecule has 98 valence electrons. The minimum absolute atomic E-state index is 0.0850. The van der Waals surface area contributed by atoms with Gasteiger partial charge in [0.1, 0.15) is 17.2 Å². The van der Waals surface area contributed by atoms with E-state index in [9.17, 15) is 10.2 Å². The average molecular weight is 250 g/mol. The van der Waals surface area contributed by atoms with Gasteiger partial charge in [0.15, 0.2) is 0 Å². The number of aromatic hydroxyl groups is 1. The Morgan fingerprint density at radius 2 is 2.00 bits per heavy atom. The minimum atomic E-state index is -0.497. The van der Waals surface area contributed by atoms with Crippen molar-refractivity contribution in [2.24, 2.45) is 0 Å². The van der Waals surface area contributed by atoms with Crippen molar-refractivity contribution in [1.82, 2.24) is 0 Å². The molecule has 2 rings (SSSR count). The highest BCUT2D eigenvalue weighted by molar-refractivity contribution is 5.53. The lowest BCUT2D eigenvalue weighted by atomic mass is 9.85. The van der Waals surface area contributed by atoms with Crippen molar-refractivity contribution in [3.05, 3.63) is 29.8 Å². The van der Waals surface area contributed by atoms with Crippen LogP contribution in [0.2, 0.25) is 0 Å². The van der Waals surface area contributed by atoms with Gasteiger partial charge < -0.3 is 19.7 Å². The third-order valence-corrected chi connectivity index (χ3v) is 3.27. The first kappa shape index (κ1) is 12.8. The summed E-state index contributed by atoms with van der Waals surface area (Å²) in [6, 6.07) is 3.25. The molecule has 0 radical (unpaired) electrons. The van der Waals surface area contributed by atoms with E-state index >= 15 is 0 Å². The topological polar surface area (TPSA) is 58.9 Å². The lowest BCUT2D eigenvalue weighted by molar-refractivity contribution is 0.143. The van der Waals surface area contributed by atoms with E-state index in [-0.39, 0.29) is 11.7 Å². The molecule has 2 N–H and O–H groups in total. The van der Waals surface area contributed by atoms with E-state index in [2.05, 4.69) is 0 Å². The van der Waals surface area contributed by atoms with Crippen LogP contribution in [0.1, 0.15) is 24.3 Å². The van der Waals surface area contributed by atoms with Gasteiger partial charge in [0.25, 0.3) is 0 Å². The molecule has 0 fully saturated rings. The fourth-order valence-corrected chi connectivity index (χ4v) is 2.32. The molecule has 0 spiro atoms. The number of rotatable bonds is 3. The zero-order valence-electron chi connectivity index (χ0n) is 10.6. The number of phenols is 1. The molecule has 1 aromatic rings. The lowest BCUT2D eigenvalue weighted by Crippen LogP contribution is -2.20. The van der Waals surface area contributed by atoms with Crippen LogP contribution in [-0.4, -0.2) is 30.5 Å². The molecule has 1 aromatic carbocycles. The van der Waals surface area contributed by atoms with Crippen LogP contribution < -0.4 is 9.47 Å². The maximum absolute atomic E-state index is 10.1. The van der Waals surface area contributed by atoms with Crippen LogP contribution in [0.3, 0.4) is 0 Å². The Balaban J connectivity index is 2.48. The molecule has 0 aromatic heterocycles. The van der Waals surface area contributed by atoms with E-state index in [1.807, 2.05) is 12.2 Å². The normalized spacial score (nSPS) is 22.8. The molecule has 1 aliphatic rings. The van der Waals surface area contributed by atoms with Crippen LogP contribution >= 0.6 is 0 Å². The van der Waals surface area contributed by atoms with Gasteiger partial charge in [0, 0.05) is 23.6 Å². The van der Waals surface area contributed by atoms with Gasteiger partial charge in [-0.25, -0.2) is 0 Å². The number of benzene rings is 1. The SMILES string of the molecule is COc1cc(O)c([C@H]2C=CCC[C@@H]2O)c(OC)c1. The summed E-state index contributed by atoms with van der Waals surface area (Å²) in [5.74, 6) is 0.909. The third-order valence-electron chi connectivity index (χ3n) is 3.27. The number of hydrogen-bond acceptors (Lipinski definition) is 4. The predicted molar refractivity (Wildman–Crippen MR) is 68.3 cm³/mol. The number of methoxy groups -OCH3 is 2. The molecular weight excluding hydrogens is 232 g/mol. The maximum atomic E-state index is 10.1. The van der Waals surface area contributed by atoms with Gasteiger partial charge in [-0.05, 0) is 12.8 Å². The first-order valence-electron chi connectivity index (χ1n) is 5.97. The molecule has 0 amide bonds. The molecule has 1 aliphatic carbocycles. The number of hydrogen-bond donors (Lipinski definition) is 2. The van der Waals surface area contributed by atoms with Gasteiger partial charge in [-0.3, -0.25) is 0 Å². The Morgan fingerprint density at radius 1 is 1.22 bits per heavy atom. The van der Waals surface area contributed by atoms with Crippen molar-refractivity contribution in [2.45, 2.75) is 24.9 Å². The molecule has 0 bridgehead atoms. The van der Waals surface area contributed by atoms with Crippen LogP contribution in [0.5, 0.6) is 17.2 Å². The number of allylic oxidation sites excluding steroid dienone is 1. The molecule has 18 heavy (non-hydrogen) atoms. The summed E-state index contributed by atoms with van der Waals surface area (Å²) in [4.78, 5) is 0. The highest BCUT2D eigenvalue weighted by Crippen LogP contribution is 2.42. The molecule has 4 heteroatoms. The standard InChI is InChI=1S/C14H18O4/c1-17-9-7-12(16)14(13(8-9)18-2)10-5-3-4-6-11(10)15/h3,5,7-8,10-11,15-16H,4,6H2,1-2H3/t10-,11-/m0/s1. The first-order chi connectivity index (χ1) is 8.67. The van der Waals surface area contributed by atoms with Crippen LogP contribution in [0.15, 0.2) is 24.3 Å². The van der Waals surface area contributed by atoms with Crippen molar-refractivity contribution >= 4 is 0 Å². The van der Waals surface area contributed by atoms with Crippen LogP contribution in [0.25, 0.3) is 0 Å². The average Bonchev–Trinajstić information content (AvgIpc) is 2.39. The van der Waals surface area contributed by atoms with E-state index in [0.717, 1.165) is 6.42 Å². The number of ether oxygens (including phenoxy) is 2. The molecular formula is C14H18O4. The van der Waals surface area contributed by atoms with E-state index in [0.29, 0.717) is 23.5 Å². The molecule has 0 saturated heterocycles. The molecule has 0 unspecified atom stereocenters. The molecule has 0 heterocycles. The summed E-state index contributed by atoms with van der Waals surface area (Å²) in [7, 11) is 3.07. The van der Waals surface area contributed by atoms with Crippen molar-refractivity contribution in [1.29, 1.82) is 0 Å². The summed E-state index contributed by atoms with van der Waals surface area (Å²) in [5.41, 5.74) is 0.613. The van der Waals surface area contributed by atoms with Gasteiger partial charge in [-0.2, -0.15) is 0 Å². The van der Waals surface area contributed by atoms with Crippen molar-refractivity contribution in [3.8, 4) is 17.2 Å². The van der Waals surface area contributed by atoms with Gasteiger partial charge in [-0.15, -0.1) is 0 Å². The van der Waals surface area contributed by atoms with E-state index < -0.39 is 6.10 Å². The molecule has 2 atom stereocenters. The quantitative estimate of drug-likeness (QED) is 0.807. The third kappa shape index (κ3) is 2.29. The molecule has 4 nitrogen and oxygen atoms in total. The van der Waals surface area contributed by atoms with Gasteiger partial charge in [0.05, 0.1) is 20.3 Å². The smallest absolute Gasteiger partial charge is 0.130 e. The zero-order valence-corrected chi connectivity index (χ0v) is 10.6. The van der Waals surface area contributed by atoms with Gasteiger partial charge in [0.2, 0.25) is 0 Å². The lowest BCUT2D eigenvalue weighted by Gasteiger charge is -2.26. The maximum Gasteiger partial charge on any atom is 0.130 e. The molecule has 0 saturated carbocycles. The minimum Gasteiger partial charge on any atom is -0.507 e. The van der Waals surface area contributed by atoms with Crippen LogP contribution in [-0.2, 0) is 0 Å². The van der Waals surface area contributed by atoms with E-state index in [1.54, 1.807) is 6.07 Å². The summed E-state index contributed by atoms with van der Waals surface area (Å²) < 4.78 is 10.4. The predicted octanol–water partition coefficient (Wildman–Crippen LogP) is 2.20. The summed E-state index contributed by atoms with van der Waals surface area (Å²) >= 11 is 0. The van der Waals surface area contributed by atoms with Gasteiger partial charge >= 0.3 is 0 Å². The second kappa shape index (κ2) is 5.31. The molecule has 0 aliphatic heterocycles. The fourth-order valence-electron chi connectivity index (χ4n) is 2.32. The fraction of sp³-hybridized carbons (Fsp3) is 0.429. The Hall–Kier alpha value is -1.68. The summed E-state index contributed by atoms with van der Waals surface area (Å²) in [5, 5.41) is 20.1.